The molecule has 0 amide bonds. The first-order chi connectivity index (χ1) is 9.63. The molecule has 1 heterocycles. The average molecular weight is 353 g/mol. The Balaban J connectivity index is 0.00000220. The Morgan fingerprint density at radius 1 is 1.23 bits per heavy atom. The van der Waals surface area contributed by atoms with Crippen LogP contribution >= 0.6 is 24.8 Å². The topological polar surface area (TPSA) is 32.8 Å². The predicted molar refractivity (Wildman–Crippen MR) is 90.8 cm³/mol. The molecule has 0 aromatic heterocycles. The van der Waals surface area contributed by atoms with Crippen LogP contribution in [0.15, 0.2) is 24.3 Å². The minimum atomic E-state index is -0.238. The van der Waals surface area contributed by atoms with Crippen LogP contribution in [0.2, 0.25) is 0 Å². The van der Waals surface area contributed by atoms with Crippen LogP contribution in [0.1, 0.15) is 13.8 Å². The van der Waals surface area contributed by atoms with Gasteiger partial charge in [0.15, 0.2) is 0 Å². The SMILES string of the molecule is CCOC(=O)C(C)N1CCN(c2ccccc2F)CC1.Cl.Cl. The van der Waals surface area contributed by atoms with Gasteiger partial charge in [-0.3, -0.25) is 9.69 Å². The maximum Gasteiger partial charge on any atom is 0.323 e. The Labute approximate surface area is 143 Å². The Morgan fingerprint density at radius 2 is 1.82 bits per heavy atom. The number of carbonyl (C=O) groups excluding carboxylic acids is 1. The molecule has 1 unspecified atom stereocenters. The number of esters is 1. The lowest BCUT2D eigenvalue weighted by Gasteiger charge is -2.38. The van der Waals surface area contributed by atoms with Crippen molar-refractivity contribution in [3.05, 3.63) is 30.1 Å². The lowest BCUT2D eigenvalue weighted by molar-refractivity contribution is -0.149. The monoisotopic (exact) mass is 352 g/mol. The lowest BCUT2D eigenvalue weighted by atomic mass is 10.2. The smallest absolute Gasteiger partial charge is 0.323 e. The summed E-state index contributed by atoms with van der Waals surface area (Å²) in [6, 6.07) is 6.56. The highest BCUT2D eigenvalue weighted by Crippen LogP contribution is 2.20. The normalized spacial score (nSPS) is 16.2. The minimum absolute atomic E-state index is 0. The number of hydrogen-bond donors (Lipinski definition) is 0. The summed E-state index contributed by atoms with van der Waals surface area (Å²) >= 11 is 0. The van der Waals surface area contributed by atoms with Crippen LogP contribution in [0.3, 0.4) is 0 Å². The van der Waals surface area contributed by atoms with Crippen LogP contribution in [0, 0.1) is 5.82 Å². The number of halogens is 3. The van der Waals surface area contributed by atoms with Gasteiger partial charge in [-0.15, -0.1) is 24.8 Å². The summed E-state index contributed by atoms with van der Waals surface area (Å²) in [5.41, 5.74) is 0.635. The minimum Gasteiger partial charge on any atom is -0.465 e. The molecule has 1 aromatic rings. The van der Waals surface area contributed by atoms with Gasteiger partial charge in [-0.25, -0.2) is 4.39 Å². The largest absolute Gasteiger partial charge is 0.465 e. The third-order valence-electron chi connectivity index (χ3n) is 3.68. The van der Waals surface area contributed by atoms with Crippen LogP contribution in [-0.2, 0) is 9.53 Å². The van der Waals surface area contributed by atoms with Gasteiger partial charge in [0.25, 0.3) is 0 Å². The molecule has 0 N–H and O–H groups in total. The van der Waals surface area contributed by atoms with Crippen molar-refractivity contribution in [2.24, 2.45) is 0 Å². The number of benzene rings is 1. The molecule has 1 fully saturated rings. The molecule has 126 valence electrons. The summed E-state index contributed by atoms with van der Waals surface area (Å²) in [6.45, 7) is 6.95. The first kappa shape index (κ1) is 21.0. The summed E-state index contributed by atoms with van der Waals surface area (Å²) in [4.78, 5) is 15.8. The van der Waals surface area contributed by atoms with Crippen molar-refractivity contribution >= 4 is 36.5 Å². The second-order valence-corrected chi connectivity index (χ2v) is 4.90. The highest BCUT2D eigenvalue weighted by atomic mass is 35.5. The average Bonchev–Trinajstić information content (AvgIpc) is 2.47. The van der Waals surface area contributed by atoms with E-state index in [1.54, 1.807) is 19.1 Å². The molecule has 2 rings (SSSR count). The summed E-state index contributed by atoms with van der Waals surface area (Å²) in [7, 11) is 0. The number of hydrogen-bond acceptors (Lipinski definition) is 4. The zero-order valence-electron chi connectivity index (χ0n) is 12.8. The zero-order chi connectivity index (χ0) is 14.5. The van der Waals surface area contributed by atoms with Gasteiger partial charge in [-0.05, 0) is 26.0 Å². The van der Waals surface area contributed by atoms with E-state index in [1.165, 1.54) is 6.07 Å². The molecule has 4 nitrogen and oxygen atoms in total. The number of carbonyl (C=O) groups is 1. The molecule has 0 aliphatic carbocycles. The Bertz CT molecular complexity index is 469. The summed E-state index contributed by atoms with van der Waals surface area (Å²) < 4.78 is 18.8. The number of rotatable bonds is 4. The van der Waals surface area contributed by atoms with Crippen LogP contribution in [0.4, 0.5) is 10.1 Å². The van der Waals surface area contributed by atoms with Gasteiger partial charge in [0.05, 0.1) is 12.3 Å². The Morgan fingerprint density at radius 3 is 2.36 bits per heavy atom. The van der Waals surface area contributed by atoms with Gasteiger partial charge in [0.1, 0.15) is 11.9 Å². The van der Waals surface area contributed by atoms with E-state index in [9.17, 15) is 9.18 Å². The van der Waals surface area contributed by atoms with E-state index >= 15 is 0 Å². The molecule has 1 aliphatic heterocycles. The van der Waals surface area contributed by atoms with Crippen LogP contribution in [0.5, 0.6) is 0 Å². The van der Waals surface area contributed by atoms with E-state index in [2.05, 4.69) is 4.90 Å². The second kappa shape index (κ2) is 9.87. The molecule has 0 bridgehead atoms. The third kappa shape index (κ3) is 5.00. The summed E-state index contributed by atoms with van der Waals surface area (Å²) in [5, 5.41) is 0. The van der Waals surface area contributed by atoms with Crippen LogP contribution in [-0.4, -0.2) is 49.7 Å². The molecule has 0 radical (unpaired) electrons. The third-order valence-corrected chi connectivity index (χ3v) is 3.68. The fourth-order valence-corrected chi connectivity index (χ4v) is 2.47. The highest BCUT2D eigenvalue weighted by molar-refractivity contribution is 5.85. The summed E-state index contributed by atoms with van der Waals surface area (Å²) in [6.07, 6.45) is 0. The second-order valence-electron chi connectivity index (χ2n) is 4.90. The van der Waals surface area contributed by atoms with Crippen molar-refractivity contribution in [1.82, 2.24) is 4.90 Å². The Kier molecular flexibility index (Phi) is 9.41. The number of para-hydroxylation sites is 1. The maximum absolute atomic E-state index is 13.7. The van der Waals surface area contributed by atoms with Crippen molar-refractivity contribution in [3.8, 4) is 0 Å². The number of anilines is 1. The summed E-state index contributed by atoms with van der Waals surface area (Å²) in [5.74, 6) is -0.383. The molecule has 1 aliphatic rings. The quantitative estimate of drug-likeness (QED) is 0.780. The maximum atomic E-state index is 13.7. The number of nitrogens with zero attached hydrogens (tertiary/aromatic N) is 2. The first-order valence-electron chi connectivity index (χ1n) is 7.03. The van der Waals surface area contributed by atoms with E-state index in [-0.39, 0.29) is 42.6 Å². The van der Waals surface area contributed by atoms with E-state index in [0.717, 1.165) is 13.1 Å². The van der Waals surface area contributed by atoms with Crippen molar-refractivity contribution in [1.29, 1.82) is 0 Å². The molecule has 1 saturated heterocycles. The van der Waals surface area contributed by atoms with Crippen molar-refractivity contribution in [2.45, 2.75) is 19.9 Å². The van der Waals surface area contributed by atoms with Gasteiger partial charge < -0.3 is 9.64 Å². The van der Waals surface area contributed by atoms with E-state index in [1.807, 2.05) is 17.9 Å². The van der Waals surface area contributed by atoms with Gasteiger partial charge in [0.2, 0.25) is 0 Å². The van der Waals surface area contributed by atoms with E-state index < -0.39 is 0 Å². The molecule has 0 saturated carbocycles. The highest BCUT2D eigenvalue weighted by Gasteiger charge is 2.27. The molecular weight excluding hydrogens is 330 g/mol. The number of ether oxygens (including phenoxy) is 1. The molecule has 1 aromatic carbocycles. The standard InChI is InChI=1S/C15H21FN2O2.2ClH/c1-3-20-15(19)12(2)17-8-10-18(11-9-17)14-7-5-4-6-13(14)16;;/h4-7,12H,3,8-11H2,1-2H3;2*1H. The lowest BCUT2D eigenvalue weighted by Crippen LogP contribution is -2.52. The van der Waals surface area contributed by atoms with Crippen molar-refractivity contribution < 1.29 is 13.9 Å². The molecule has 7 heteroatoms. The van der Waals surface area contributed by atoms with Crippen molar-refractivity contribution in [2.75, 3.05) is 37.7 Å². The predicted octanol–water partition coefficient (Wildman–Crippen LogP) is 2.74. The fraction of sp³-hybridized carbons (Fsp3) is 0.533. The fourth-order valence-electron chi connectivity index (χ4n) is 2.47. The van der Waals surface area contributed by atoms with Gasteiger partial charge in [0, 0.05) is 26.2 Å². The first-order valence-corrected chi connectivity index (χ1v) is 7.03. The van der Waals surface area contributed by atoms with E-state index in [0.29, 0.717) is 25.4 Å². The molecular formula is C15H23Cl2FN2O2. The molecule has 1 atom stereocenters. The Hall–Kier alpha value is -1.04. The van der Waals surface area contributed by atoms with Crippen LogP contribution < -0.4 is 4.90 Å². The molecule has 0 spiro atoms. The van der Waals surface area contributed by atoms with Gasteiger partial charge in [-0.1, -0.05) is 12.1 Å². The zero-order valence-corrected chi connectivity index (χ0v) is 14.5. The van der Waals surface area contributed by atoms with Gasteiger partial charge >= 0.3 is 5.97 Å². The van der Waals surface area contributed by atoms with Gasteiger partial charge in [-0.2, -0.15) is 0 Å². The molecule has 22 heavy (non-hydrogen) atoms. The number of piperazine rings is 1. The van der Waals surface area contributed by atoms with Crippen molar-refractivity contribution in [3.63, 3.8) is 0 Å². The van der Waals surface area contributed by atoms with Crippen LogP contribution in [0.25, 0.3) is 0 Å². The van der Waals surface area contributed by atoms with E-state index in [4.69, 9.17) is 4.74 Å².